The maximum atomic E-state index is 13.9. The highest BCUT2D eigenvalue weighted by atomic mass is 35.5. The van der Waals surface area contributed by atoms with Crippen LogP contribution in [0.25, 0.3) is 0 Å². The number of methoxy groups -OCH3 is 1. The lowest BCUT2D eigenvalue weighted by atomic mass is 9.90. The number of esters is 2. The molecule has 184 valence electrons. The number of carbonyl (C=O) groups excluding carboxylic acids is 3. The number of nitrogens with zero attached hydrogens (tertiary/aromatic N) is 2. The number of hydrogen-bond donors (Lipinski definition) is 0. The van der Waals surface area contributed by atoms with Crippen LogP contribution in [0.15, 0.2) is 54.3 Å². The number of ether oxygens (including phenoxy) is 2. The van der Waals surface area contributed by atoms with Crippen LogP contribution in [0, 0.1) is 0 Å². The Bertz CT molecular complexity index is 1180. The van der Waals surface area contributed by atoms with Crippen molar-refractivity contribution in [3.05, 3.63) is 80.6 Å². The molecule has 0 fully saturated rings. The van der Waals surface area contributed by atoms with Crippen LogP contribution in [0.5, 0.6) is 0 Å². The highest BCUT2D eigenvalue weighted by Gasteiger charge is 2.30. The first kappa shape index (κ1) is 26.7. The molecule has 2 aromatic rings. The summed E-state index contributed by atoms with van der Waals surface area (Å²) in [6.45, 7) is 3.63. The third kappa shape index (κ3) is 6.42. The van der Waals surface area contributed by atoms with Gasteiger partial charge in [-0.15, -0.1) is 0 Å². The number of halogens is 3. The minimum atomic E-state index is -0.681. The summed E-state index contributed by atoms with van der Waals surface area (Å²) in [5.41, 5.74) is 1.58. The van der Waals surface area contributed by atoms with Gasteiger partial charge in [-0.25, -0.2) is 14.6 Å². The Morgan fingerprint density at radius 1 is 1.06 bits per heavy atom. The van der Waals surface area contributed by atoms with Gasteiger partial charge in [0.15, 0.2) is 0 Å². The Morgan fingerprint density at radius 2 is 1.77 bits per heavy atom. The molecule has 0 saturated heterocycles. The van der Waals surface area contributed by atoms with Crippen molar-refractivity contribution < 1.29 is 23.9 Å². The first-order valence-electron chi connectivity index (χ1n) is 10.8. The molecule has 0 bridgehead atoms. The Hall–Kier alpha value is -2.87. The minimum absolute atomic E-state index is 0.0372. The van der Waals surface area contributed by atoms with Crippen molar-refractivity contribution in [3.63, 3.8) is 0 Å². The number of benzene rings is 1. The van der Waals surface area contributed by atoms with Crippen molar-refractivity contribution in [2.45, 2.75) is 32.2 Å². The Kier molecular flexibility index (Phi) is 9.32. The minimum Gasteiger partial charge on any atom is -0.465 e. The molecular formula is C25H23Cl3N2O5. The van der Waals surface area contributed by atoms with E-state index in [1.54, 1.807) is 12.1 Å². The molecule has 0 radical (unpaired) electrons. The zero-order valence-electron chi connectivity index (χ0n) is 19.0. The van der Waals surface area contributed by atoms with Gasteiger partial charge in [0.05, 0.1) is 35.0 Å². The number of carbonyl (C=O) groups is 3. The van der Waals surface area contributed by atoms with Crippen LogP contribution in [0.3, 0.4) is 0 Å². The van der Waals surface area contributed by atoms with Crippen molar-refractivity contribution in [1.82, 2.24) is 4.98 Å². The van der Waals surface area contributed by atoms with E-state index in [9.17, 15) is 14.4 Å². The zero-order chi connectivity index (χ0) is 25.5. The van der Waals surface area contributed by atoms with Gasteiger partial charge < -0.3 is 14.4 Å². The number of anilines is 1. The quantitative estimate of drug-likeness (QED) is 0.235. The third-order valence-electron chi connectivity index (χ3n) is 5.41. The summed E-state index contributed by atoms with van der Waals surface area (Å²) in [5.74, 6) is -1.68. The summed E-state index contributed by atoms with van der Waals surface area (Å²) < 4.78 is 10.0. The summed E-state index contributed by atoms with van der Waals surface area (Å²) >= 11 is 18.6. The topological polar surface area (TPSA) is 85.8 Å². The second kappa shape index (κ2) is 12.2. The van der Waals surface area contributed by atoms with E-state index in [1.165, 1.54) is 36.4 Å². The number of hydrogen-bond acceptors (Lipinski definition) is 6. The Labute approximate surface area is 218 Å². The summed E-state index contributed by atoms with van der Waals surface area (Å²) in [6.07, 6.45) is 5.28. The predicted octanol–water partition coefficient (Wildman–Crippen LogP) is 5.96. The molecule has 1 heterocycles. The van der Waals surface area contributed by atoms with Crippen molar-refractivity contribution in [2.75, 3.05) is 18.6 Å². The van der Waals surface area contributed by atoms with E-state index in [-0.39, 0.29) is 34.4 Å². The van der Waals surface area contributed by atoms with Crippen LogP contribution in [0.2, 0.25) is 15.2 Å². The average molecular weight is 538 g/mol. The molecular weight excluding hydrogens is 515 g/mol. The summed E-state index contributed by atoms with van der Waals surface area (Å²) in [5, 5.41) is 0.522. The second-order valence-corrected chi connectivity index (χ2v) is 8.91. The van der Waals surface area contributed by atoms with Gasteiger partial charge in [0, 0.05) is 17.3 Å². The van der Waals surface area contributed by atoms with Gasteiger partial charge in [0.1, 0.15) is 11.8 Å². The molecule has 1 amide bonds. The van der Waals surface area contributed by atoms with Gasteiger partial charge in [-0.1, -0.05) is 53.5 Å². The van der Waals surface area contributed by atoms with Gasteiger partial charge in [0.2, 0.25) is 0 Å². The molecule has 3 rings (SSSR count). The number of amides is 1. The van der Waals surface area contributed by atoms with E-state index in [0.717, 1.165) is 12.8 Å². The molecule has 0 spiro atoms. The van der Waals surface area contributed by atoms with Gasteiger partial charge in [-0.05, 0) is 49.4 Å². The fraction of sp³-hybridized carbons (Fsp3) is 0.280. The zero-order valence-corrected chi connectivity index (χ0v) is 21.3. The Balaban J connectivity index is 2.13. The average Bonchev–Trinajstić information content (AvgIpc) is 2.86. The highest BCUT2D eigenvalue weighted by molar-refractivity contribution is 6.38. The predicted molar refractivity (Wildman–Crippen MR) is 135 cm³/mol. The molecule has 0 saturated carbocycles. The van der Waals surface area contributed by atoms with E-state index < -0.39 is 17.8 Å². The van der Waals surface area contributed by atoms with Crippen molar-refractivity contribution in [1.29, 1.82) is 0 Å². The van der Waals surface area contributed by atoms with E-state index in [0.29, 0.717) is 34.7 Å². The van der Waals surface area contributed by atoms with E-state index >= 15 is 0 Å². The fourth-order valence-corrected chi connectivity index (χ4v) is 4.39. The fourth-order valence-electron chi connectivity index (χ4n) is 3.71. The first-order valence-corrected chi connectivity index (χ1v) is 11.9. The van der Waals surface area contributed by atoms with Crippen LogP contribution >= 0.6 is 34.8 Å². The third-order valence-corrected chi connectivity index (χ3v) is 6.25. The van der Waals surface area contributed by atoms with Crippen molar-refractivity contribution in [2.24, 2.45) is 0 Å². The lowest BCUT2D eigenvalue weighted by Gasteiger charge is -2.28. The number of aromatic nitrogens is 1. The van der Waals surface area contributed by atoms with Crippen LogP contribution in [0.1, 0.15) is 41.6 Å². The van der Waals surface area contributed by atoms with Crippen LogP contribution in [-0.2, 0) is 25.6 Å². The molecule has 0 unspecified atom stereocenters. The SMILES string of the molecule is C=CCOC(=O)C1=C(C(=O)N(Cc2ccc(Cl)nc2)c2cc(C(=O)OC)c(Cl)cc2Cl)CCCC1. The van der Waals surface area contributed by atoms with Crippen molar-refractivity contribution in [3.8, 4) is 0 Å². The summed E-state index contributed by atoms with van der Waals surface area (Å²) in [4.78, 5) is 44.4. The summed E-state index contributed by atoms with van der Waals surface area (Å²) in [7, 11) is 1.23. The molecule has 0 aliphatic heterocycles. The molecule has 10 heteroatoms. The maximum absolute atomic E-state index is 13.9. The normalized spacial score (nSPS) is 13.3. The number of pyridine rings is 1. The molecule has 1 aliphatic rings. The molecule has 1 aromatic carbocycles. The lowest BCUT2D eigenvalue weighted by Crippen LogP contribution is -2.34. The smallest absolute Gasteiger partial charge is 0.339 e. The first-order chi connectivity index (χ1) is 16.8. The second-order valence-electron chi connectivity index (χ2n) is 7.71. The molecule has 1 aromatic heterocycles. The summed E-state index contributed by atoms with van der Waals surface area (Å²) in [6, 6.07) is 6.09. The van der Waals surface area contributed by atoms with E-state index in [2.05, 4.69) is 11.6 Å². The van der Waals surface area contributed by atoms with E-state index in [1.807, 2.05) is 0 Å². The molecule has 0 atom stereocenters. The Morgan fingerprint density at radius 3 is 2.40 bits per heavy atom. The standard InChI is InChI=1S/C25H23Cl3N2O5/c1-3-10-35-25(33)17-7-5-4-6-16(17)23(31)30(14-15-8-9-22(28)29-13-15)21-11-18(24(32)34-2)19(26)12-20(21)27/h3,8-9,11-13H,1,4-7,10,14H2,2H3. The maximum Gasteiger partial charge on any atom is 0.339 e. The van der Waals surface area contributed by atoms with Gasteiger partial charge in [-0.3, -0.25) is 4.79 Å². The van der Waals surface area contributed by atoms with Crippen LogP contribution < -0.4 is 4.90 Å². The van der Waals surface area contributed by atoms with Crippen molar-refractivity contribution >= 4 is 58.3 Å². The van der Waals surface area contributed by atoms with Gasteiger partial charge in [0.25, 0.3) is 5.91 Å². The highest BCUT2D eigenvalue weighted by Crippen LogP contribution is 2.36. The van der Waals surface area contributed by atoms with Gasteiger partial charge >= 0.3 is 11.9 Å². The van der Waals surface area contributed by atoms with Crippen LogP contribution in [-0.4, -0.2) is 36.5 Å². The molecule has 1 aliphatic carbocycles. The molecule has 7 nitrogen and oxygen atoms in total. The van der Waals surface area contributed by atoms with Crippen LogP contribution in [0.4, 0.5) is 5.69 Å². The molecule has 0 N–H and O–H groups in total. The molecule has 35 heavy (non-hydrogen) atoms. The lowest BCUT2D eigenvalue weighted by molar-refractivity contribution is -0.138. The monoisotopic (exact) mass is 536 g/mol. The largest absolute Gasteiger partial charge is 0.465 e. The van der Waals surface area contributed by atoms with Gasteiger partial charge in [-0.2, -0.15) is 0 Å². The van der Waals surface area contributed by atoms with E-state index in [4.69, 9.17) is 44.3 Å². The number of rotatable bonds is 8.